The monoisotopic (exact) mass is 475 g/mol. The Morgan fingerprint density at radius 1 is 1.17 bits per heavy atom. The van der Waals surface area contributed by atoms with Crippen molar-refractivity contribution in [1.82, 2.24) is 9.97 Å². The van der Waals surface area contributed by atoms with Crippen molar-refractivity contribution < 1.29 is 9.72 Å². The number of hydrogen-bond donors (Lipinski definition) is 1. The Morgan fingerprint density at radius 2 is 1.83 bits per heavy atom. The molecule has 2 heterocycles. The normalized spacial score (nSPS) is 15.6. The van der Waals surface area contributed by atoms with E-state index in [4.69, 9.17) is 5.73 Å². The van der Waals surface area contributed by atoms with Gasteiger partial charge in [-0.25, -0.2) is 9.97 Å². The van der Waals surface area contributed by atoms with Gasteiger partial charge in [0.25, 0.3) is 11.6 Å². The number of hydrogen-bond acceptors (Lipinski definition) is 6. The molecule has 2 N–H and O–H groups in total. The summed E-state index contributed by atoms with van der Waals surface area (Å²) in [6.45, 7) is 9.28. The van der Waals surface area contributed by atoms with E-state index in [1.165, 1.54) is 12.2 Å². The fraction of sp³-hybridized carbons (Fsp3) is 0.370. The van der Waals surface area contributed by atoms with Crippen LogP contribution in [0.4, 0.5) is 5.69 Å². The van der Waals surface area contributed by atoms with Gasteiger partial charge in [0.2, 0.25) is 0 Å². The van der Waals surface area contributed by atoms with Gasteiger partial charge in [-0.05, 0) is 69.7 Å². The molecule has 1 fully saturated rings. The summed E-state index contributed by atoms with van der Waals surface area (Å²) in [5, 5.41) is 11.1. The van der Waals surface area contributed by atoms with Crippen LogP contribution < -0.4 is 10.6 Å². The molecule has 0 spiro atoms. The van der Waals surface area contributed by atoms with E-state index in [0.717, 1.165) is 60.4 Å². The number of rotatable bonds is 8. The Balaban J connectivity index is 1.61. The van der Waals surface area contributed by atoms with Gasteiger partial charge in [-0.1, -0.05) is 24.3 Å². The highest BCUT2D eigenvalue weighted by Crippen LogP contribution is 2.27. The van der Waals surface area contributed by atoms with Crippen molar-refractivity contribution in [3.8, 4) is 0 Å². The number of carbonyl (C=O) groups excluding carboxylic acids is 1. The summed E-state index contributed by atoms with van der Waals surface area (Å²) in [5.41, 5.74) is 10.6. The van der Waals surface area contributed by atoms with Gasteiger partial charge < -0.3 is 10.6 Å². The lowest BCUT2D eigenvalue weighted by molar-refractivity contribution is -0.419. The molecule has 2 aromatic rings. The summed E-state index contributed by atoms with van der Waals surface area (Å²) in [4.78, 5) is 33.8. The Kier molecular flexibility index (Phi) is 8.52. The second kappa shape index (κ2) is 11.6. The Labute approximate surface area is 206 Å². The molecule has 1 amide bonds. The van der Waals surface area contributed by atoms with E-state index in [0.29, 0.717) is 17.4 Å². The van der Waals surface area contributed by atoms with Gasteiger partial charge in [-0.3, -0.25) is 14.9 Å². The number of nitrogens with two attached hydrogens (primary N) is 1. The number of carbonyl (C=O) groups is 1. The average molecular weight is 476 g/mol. The van der Waals surface area contributed by atoms with Crippen molar-refractivity contribution >= 4 is 17.2 Å². The maximum atomic E-state index is 11.7. The highest BCUT2D eigenvalue weighted by molar-refractivity contribution is 5.92. The topological polar surface area (TPSA) is 115 Å². The van der Waals surface area contributed by atoms with Crippen molar-refractivity contribution in [3.05, 3.63) is 92.7 Å². The van der Waals surface area contributed by atoms with Gasteiger partial charge in [-0.15, -0.1) is 0 Å². The molecule has 1 aliphatic rings. The fourth-order valence-electron chi connectivity index (χ4n) is 4.26. The van der Waals surface area contributed by atoms with Gasteiger partial charge in [0.1, 0.15) is 11.5 Å². The molecule has 0 radical (unpaired) electrons. The summed E-state index contributed by atoms with van der Waals surface area (Å²) in [6, 6.07) is 8.30. The van der Waals surface area contributed by atoms with Crippen LogP contribution >= 0.6 is 0 Å². The van der Waals surface area contributed by atoms with Crippen molar-refractivity contribution in [3.63, 3.8) is 0 Å². The van der Waals surface area contributed by atoms with Crippen LogP contribution in [0.3, 0.4) is 0 Å². The Bertz CT molecular complexity index is 1170. The third kappa shape index (κ3) is 6.62. The van der Waals surface area contributed by atoms with Crippen molar-refractivity contribution in [2.24, 2.45) is 11.7 Å². The largest absolute Gasteiger partial charge is 0.372 e. The number of piperidine rings is 1. The number of amides is 1. The van der Waals surface area contributed by atoms with Crippen LogP contribution in [0.2, 0.25) is 0 Å². The molecule has 1 aromatic heterocycles. The number of allylic oxidation sites excluding steroid dienone is 5. The zero-order valence-electron chi connectivity index (χ0n) is 20.8. The second-order valence-electron chi connectivity index (χ2n) is 8.94. The van der Waals surface area contributed by atoms with Crippen LogP contribution in [0.15, 0.2) is 54.3 Å². The molecule has 3 rings (SSSR count). The predicted molar refractivity (Wildman–Crippen MR) is 139 cm³/mol. The van der Waals surface area contributed by atoms with Crippen LogP contribution in [0, 0.1) is 29.9 Å². The number of anilines is 1. The number of primary amides is 1. The van der Waals surface area contributed by atoms with Gasteiger partial charge in [0, 0.05) is 48.6 Å². The highest BCUT2D eigenvalue weighted by Gasteiger charge is 2.22. The van der Waals surface area contributed by atoms with E-state index in [1.807, 2.05) is 20.8 Å². The maximum Gasteiger partial charge on any atom is 0.269 e. The van der Waals surface area contributed by atoms with E-state index >= 15 is 0 Å². The SMILES string of the molecule is C\C=C/C(=C\C=C(/C)c1ccc(N2CCC(Cc3nc(C)c(C)c(C(N)=O)n3)CC2)cc1)[N+](=O)[O-]. The van der Waals surface area contributed by atoms with E-state index < -0.39 is 5.91 Å². The lowest BCUT2D eigenvalue weighted by Gasteiger charge is -2.33. The van der Waals surface area contributed by atoms with Crippen LogP contribution in [-0.2, 0) is 6.42 Å². The van der Waals surface area contributed by atoms with E-state index in [2.05, 4.69) is 39.1 Å². The van der Waals surface area contributed by atoms with Gasteiger partial charge in [0.15, 0.2) is 0 Å². The molecule has 1 saturated heterocycles. The molecule has 0 unspecified atom stereocenters. The summed E-state index contributed by atoms with van der Waals surface area (Å²) >= 11 is 0. The summed E-state index contributed by atoms with van der Waals surface area (Å²) < 4.78 is 0. The highest BCUT2D eigenvalue weighted by atomic mass is 16.6. The molecule has 184 valence electrons. The molecule has 0 atom stereocenters. The first-order valence-corrected chi connectivity index (χ1v) is 11.8. The van der Waals surface area contributed by atoms with Crippen LogP contribution in [0.25, 0.3) is 5.57 Å². The molecule has 1 aliphatic heterocycles. The van der Waals surface area contributed by atoms with Gasteiger partial charge in [-0.2, -0.15) is 0 Å². The summed E-state index contributed by atoms with van der Waals surface area (Å²) in [5.74, 6) is 0.638. The molecule has 0 aliphatic carbocycles. The van der Waals surface area contributed by atoms with E-state index in [-0.39, 0.29) is 10.6 Å². The Morgan fingerprint density at radius 3 is 2.40 bits per heavy atom. The number of aryl methyl sites for hydroxylation is 1. The van der Waals surface area contributed by atoms with E-state index in [9.17, 15) is 14.9 Å². The second-order valence-corrected chi connectivity index (χ2v) is 8.94. The number of nitrogens with zero attached hydrogens (tertiary/aromatic N) is 4. The smallest absolute Gasteiger partial charge is 0.269 e. The van der Waals surface area contributed by atoms with E-state index in [1.54, 1.807) is 19.1 Å². The van der Waals surface area contributed by atoms with Crippen molar-refractivity contribution in [1.29, 1.82) is 0 Å². The van der Waals surface area contributed by atoms with Crippen molar-refractivity contribution in [2.45, 2.75) is 47.0 Å². The number of aromatic nitrogens is 2. The van der Waals surface area contributed by atoms with Crippen LogP contribution in [0.5, 0.6) is 0 Å². The first-order valence-electron chi connectivity index (χ1n) is 11.8. The fourth-order valence-corrected chi connectivity index (χ4v) is 4.26. The van der Waals surface area contributed by atoms with Crippen molar-refractivity contribution in [2.75, 3.05) is 18.0 Å². The number of benzene rings is 1. The lowest BCUT2D eigenvalue weighted by Crippen LogP contribution is -2.34. The van der Waals surface area contributed by atoms with Crippen LogP contribution in [-0.4, -0.2) is 33.9 Å². The third-order valence-electron chi connectivity index (χ3n) is 6.49. The lowest BCUT2D eigenvalue weighted by atomic mass is 9.92. The first kappa shape index (κ1) is 25.8. The quantitative estimate of drug-likeness (QED) is 0.333. The minimum atomic E-state index is -0.510. The molecule has 0 bridgehead atoms. The minimum Gasteiger partial charge on any atom is -0.372 e. The Hall–Kier alpha value is -3.81. The van der Waals surface area contributed by atoms with Gasteiger partial charge >= 0.3 is 0 Å². The van der Waals surface area contributed by atoms with Gasteiger partial charge in [0.05, 0.1) is 4.92 Å². The summed E-state index contributed by atoms with van der Waals surface area (Å²) in [6.07, 6.45) is 9.22. The number of nitro groups is 1. The molecule has 8 nitrogen and oxygen atoms in total. The first-order chi connectivity index (χ1) is 16.7. The average Bonchev–Trinajstić information content (AvgIpc) is 2.84. The third-order valence-corrected chi connectivity index (χ3v) is 6.49. The minimum absolute atomic E-state index is 0.0587. The predicted octanol–water partition coefficient (Wildman–Crippen LogP) is 4.79. The molecular formula is C27H33N5O3. The summed E-state index contributed by atoms with van der Waals surface area (Å²) in [7, 11) is 0. The molecule has 0 saturated carbocycles. The zero-order chi connectivity index (χ0) is 25.5. The zero-order valence-corrected chi connectivity index (χ0v) is 20.8. The maximum absolute atomic E-state index is 11.7. The molecular weight excluding hydrogens is 442 g/mol. The van der Waals surface area contributed by atoms with Crippen LogP contribution in [0.1, 0.15) is 59.8 Å². The standard InChI is InChI=1S/C27H33N5O3/c1-5-6-24(32(34)35)10-7-18(2)22-8-11-23(12-9-22)31-15-13-21(14-16-31)17-25-29-20(4)19(3)26(30-25)27(28)33/h5-12,21H,13-17H2,1-4H3,(H2,28,33)/b6-5-,18-7+,24-10+. The molecule has 35 heavy (non-hydrogen) atoms. The molecule has 1 aromatic carbocycles. The molecule has 8 heteroatoms.